The fourth-order valence-electron chi connectivity index (χ4n) is 4.01. The molecule has 0 bridgehead atoms. The number of carbonyl (C=O) groups excluding carboxylic acids is 1. The summed E-state index contributed by atoms with van der Waals surface area (Å²) in [6.45, 7) is 2.99. The number of para-hydroxylation sites is 1. The first-order valence-electron chi connectivity index (χ1n) is 12.5. The molecule has 0 saturated carbocycles. The number of aryl methyl sites for hydroxylation is 1. The molecule has 0 aliphatic carbocycles. The lowest BCUT2D eigenvalue weighted by molar-refractivity contribution is -0.116. The van der Waals surface area contributed by atoms with Gasteiger partial charge in [0.2, 0.25) is 5.91 Å². The lowest BCUT2D eigenvalue weighted by atomic mass is 9.97. The molecule has 0 saturated heterocycles. The number of amides is 1. The van der Waals surface area contributed by atoms with E-state index in [0.717, 1.165) is 24.2 Å². The predicted molar refractivity (Wildman–Crippen MR) is 133 cm³/mol. The summed E-state index contributed by atoms with van der Waals surface area (Å²) >= 11 is 0. The van der Waals surface area contributed by atoms with Gasteiger partial charge in [0.15, 0.2) is 5.82 Å². The SMILES string of the molecule is CCCCCCCCCCCCn1nnc([C@@H](C(=O)Nc2ccccc2)c2ccccc2)n1. The number of hydrogen-bond donors (Lipinski definition) is 1. The number of rotatable bonds is 15. The molecule has 1 N–H and O–H groups in total. The largest absolute Gasteiger partial charge is 0.325 e. The smallest absolute Gasteiger partial charge is 0.239 e. The molecule has 1 amide bonds. The van der Waals surface area contributed by atoms with E-state index >= 15 is 0 Å². The van der Waals surface area contributed by atoms with Crippen LogP contribution in [0.1, 0.15) is 88.4 Å². The molecular formula is C27H37N5O. The molecule has 1 atom stereocenters. The second-order valence-corrected chi connectivity index (χ2v) is 8.62. The van der Waals surface area contributed by atoms with Gasteiger partial charge in [-0.05, 0) is 29.3 Å². The Hall–Kier alpha value is -3.02. The number of tetrazole rings is 1. The Morgan fingerprint density at radius 1 is 0.818 bits per heavy atom. The summed E-state index contributed by atoms with van der Waals surface area (Å²) in [6.07, 6.45) is 12.9. The number of aromatic nitrogens is 4. The summed E-state index contributed by atoms with van der Waals surface area (Å²) in [7, 11) is 0. The highest BCUT2D eigenvalue weighted by Crippen LogP contribution is 2.23. The van der Waals surface area contributed by atoms with Crippen molar-refractivity contribution in [2.75, 3.05) is 5.32 Å². The van der Waals surface area contributed by atoms with E-state index in [-0.39, 0.29) is 5.91 Å². The number of nitrogens with one attached hydrogen (secondary N) is 1. The lowest BCUT2D eigenvalue weighted by Gasteiger charge is -2.14. The van der Waals surface area contributed by atoms with E-state index in [4.69, 9.17) is 0 Å². The van der Waals surface area contributed by atoms with Gasteiger partial charge in [0.25, 0.3) is 0 Å². The minimum absolute atomic E-state index is 0.161. The molecule has 176 valence electrons. The minimum atomic E-state index is -0.604. The highest BCUT2D eigenvalue weighted by atomic mass is 16.2. The topological polar surface area (TPSA) is 72.7 Å². The standard InChI is InChI=1S/C27H37N5O/c1-2-3-4-5-6-7-8-9-10-17-22-32-30-26(29-31-32)25(23-18-13-11-14-19-23)27(33)28-24-20-15-12-16-21-24/h11-16,18-21,25H,2-10,17,22H2,1H3,(H,28,33)/t25-/m0/s1. The number of unbranched alkanes of at least 4 members (excludes halogenated alkanes) is 9. The van der Waals surface area contributed by atoms with E-state index in [0.29, 0.717) is 5.82 Å². The summed E-state index contributed by atoms with van der Waals surface area (Å²) in [5, 5.41) is 16.0. The molecule has 0 unspecified atom stereocenters. The van der Waals surface area contributed by atoms with Crippen molar-refractivity contribution < 1.29 is 4.79 Å². The first-order valence-corrected chi connectivity index (χ1v) is 12.5. The first-order chi connectivity index (χ1) is 16.3. The summed E-state index contributed by atoms with van der Waals surface area (Å²) in [5.74, 6) is -0.333. The normalized spacial score (nSPS) is 11.9. The van der Waals surface area contributed by atoms with Crippen LogP contribution in [0.2, 0.25) is 0 Å². The van der Waals surface area contributed by atoms with Crippen molar-refractivity contribution in [1.29, 1.82) is 0 Å². The highest BCUT2D eigenvalue weighted by Gasteiger charge is 2.27. The van der Waals surface area contributed by atoms with Crippen LogP contribution in [-0.4, -0.2) is 26.1 Å². The fourth-order valence-corrected chi connectivity index (χ4v) is 4.01. The Balaban J connectivity index is 1.50. The molecule has 0 fully saturated rings. The van der Waals surface area contributed by atoms with E-state index in [1.165, 1.54) is 57.8 Å². The van der Waals surface area contributed by atoms with Crippen LogP contribution in [0, 0.1) is 0 Å². The third kappa shape index (κ3) is 8.44. The second-order valence-electron chi connectivity index (χ2n) is 8.62. The zero-order chi connectivity index (χ0) is 23.1. The van der Waals surface area contributed by atoms with Crippen molar-refractivity contribution in [1.82, 2.24) is 20.2 Å². The maximum Gasteiger partial charge on any atom is 0.239 e. The average molecular weight is 448 g/mol. The van der Waals surface area contributed by atoms with Crippen molar-refractivity contribution in [2.24, 2.45) is 0 Å². The Labute approximate surface area is 197 Å². The van der Waals surface area contributed by atoms with Gasteiger partial charge in [0.05, 0.1) is 6.54 Å². The maximum absolute atomic E-state index is 13.1. The van der Waals surface area contributed by atoms with Crippen molar-refractivity contribution in [2.45, 2.75) is 83.6 Å². The fraction of sp³-hybridized carbons (Fsp3) is 0.481. The third-order valence-electron chi connectivity index (χ3n) is 5.87. The maximum atomic E-state index is 13.1. The van der Waals surface area contributed by atoms with Crippen molar-refractivity contribution in [3.05, 3.63) is 72.1 Å². The molecule has 0 radical (unpaired) electrons. The van der Waals surface area contributed by atoms with Crippen LogP contribution in [0.4, 0.5) is 5.69 Å². The molecule has 3 aromatic rings. The lowest BCUT2D eigenvalue weighted by Crippen LogP contribution is -2.23. The number of benzene rings is 2. The number of nitrogens with zero attached hydrogens (tertiary/aromatic N) is 4. The molecule has 1 heterocycles. The van der Waals surface area contributed by atoms with Crippen LogP contribution in [-0.2, 0) is 11.3 Å². The predicted octanol–water partition coefficient (Wildman–Crippen LogP) is 6.36. The van der Waals surface area contributed by atoms with Gasteiger partial charge in [0.1, 0.15) is 5.92 Å². The van der Waals surface area contributed by atoms with Gasteiger partial charge in [-0.1, -0.05) is 113 Å². The molecular weight excluding hydrogens is 410 g/mol. The number of anilines is 1. The van der Waals surface area contributed by atoms with Gasteiger partial charge >= 0.3 is 0 Å². The van der Waals surface area contributed by atoms with Crippen LogP contribution < -0.4 is 5.32 Å². The van der Waals surface area contributed by atoms with Crippen LogP contribution in [0.15, 0.2) is 60.7 Å². The summed E-state index contributed by atoms with van der Waals surface area (Å²) in [6, 6.07) is 19.1. The van der Waals surface area contributed by atoms with Crippen molar-refractivity contribution >= 4 is 11.6 Å². The Morgan fingerprint density at radius 2 is 1.39 bits per heavy atom. The van der Waals surface area contributed by atoms with E-state index < -0.39 is 5.92 Å². The molecule has 33 heavy (non-hydrogen) atoms. The van der Waals surface area contributed by atoms with Crippen LogP contribution >= 0.6 is 0 Å². The van der Waals surface area contributed by atoms with Crippen LogP contribution in [0.25, 0.3) is 0 Å². The molecule has 6 heteroatoms. The van der Waals surface area contributed by atoms with E-state index in [1.54, 1.807) is 4.80 Å². The van der Waals surface area contributed by atoms with Gasteiger partial charge in [-0.25, -0.2) is 0 Å². The van der Waals surface area contributed by atoms with Gasteiger partial charge in [0, 0.05) is 5.69 Å². The number of hydrogen-bond acceptors (Lipinski definition) is 4. The van der Waals surface area contributed by atoms with E-state index in [9.17, 15) is 4.79 Å². The van der Waals surface area contributed by atoms with Crippen LogP contribution in [0.5, 0.6) is 0 Å². The van der Waals surface area contributed by atoms with Crippen molar-refractivity contribution in [3.8, 4) is 0 Å². The van der Waals surface area contributed by atoms with E-state index in [2.05, 4.69) is 27.7 Å². The third-order valence-corrected chi connectivity index (χ3v) is 5.87. The molecule has 1 aromatic heterocycles. The summed E-state index contributed by atoms with van der Waals surface area (Å²) in [4.78, 5) is 14.8. The monoisotopic (exact) mass is 447 g/mol. The Bertz CT molecular complexity index is 926. The van der Waals surface area contributed by atoms with Gasteiger partial charge in [-0.2, -0.15) is 4.80 Å². The molecule has 3 rings (SSSR count). The molecule has 0 aliphatic rings. The quantitative estimate of drug-likeness (QED) is 0.275. The minimum Gasteiger partial charge on any atom is -0.325 e. The molecule has 0 aliphatic heterocycles. The van der Waals surface area contributed by atoms with E-state index in [1.807, 2.05) is 60.7 Å². The Kier molecular flexibility index (Phi) is 10.6. The second kappa shape index (κ2) is 14.2. The van der Waals surface area contributed by atoms with Gasteiger partial charge in [-0.3, -0.25) is 4.79 Å². The van der Waals surface area contributed by atoms with Crippen molar-refractivity contribution in [3.63, 3.8) is 0 Å². The zero-order valence-corrected chi connectivity index (χ0v) is 19.8. The van der Waals surface area contributed by atoms with Crippen LogP contribution in [0.3, 0.4) is 0 Å². The number of carbonyl (C=O) groups is 1. The van der Waals surface area contributed by atoms with Gasteiger partial charge < -0.3 is 5.32 Å². The summed E-state index contributed by atoms with van der Waals surface area (Å²) in [5.41, 5.74) is 1.60. The average Bonchev–Trinajstić information content (AvgIpc) is 3.30. The molecule has 2 aromatic carbocycles. The van der Waals surface area contributed by atoms with Gasteiger partial charge in [-0.15, -0.1) is 10.2 Å². The Morgan fingerprint density at radius 3 is 2.03 bits per heavy atom. The first kappa shape index (κ1) is 24.6. The molecule has 6 nitrogen and oxygen atoms in total. The highest BCUT2D eigenvalue weighted by molar-refractivity contribution is 5.97. The molecule has 0 spiro atoms. The zero-order valence-electron chi connectivity index (χ0n) is 19.8. The summed E-state index contributed by atoms with van der Waals surface area (Å²) < 4.78 is 0.